The van der Waals surface area contributed by atoms with E-state index < -0.39 is 11.6 Å². The number of rotatable bonds is 5. The van der Waals surface area contributed by atoms with Crippen LogP contribution in [0.25, 0.3) is 0 Å². The lowest BCUT2D eigenvalue weighted by Gasteiger charge is -2.23. The molecular weight excluding hydrogens is 342 g/mol. The van der Waals surface area contributed by atoms with E-state index in [1.54, 1.807) is 12.1 Å². The molecule has 3 heterocycles. The van der Waals surface area contributed by atoms with Crippen LogP contribution in [0.5, 0.6) is 0 Å². The largest absolute Gasteiger partial charge is 0.450 e. The van der Waals surface area contributed by atoms with Gasteiger partial charge in [-0.2, -0.15) is 0 Å². The second kappa shape index (κ2) is 7.95. The summed E-state index contributed by atoms with van der Waals surface area (Å²) in [7, 11) is 0. The number of carbonyl (C=O) groups is 1. The first-order valence-electron chi connectivity index (χ1n) is 7.87. The van der Waals surface area contributed by atoms with Gasteiger partial charge in [-0.05, 0) is 48.8 Å². The van der Waals surface area contributed by atoms with Gasteiger partial charge in [0, 0.05) is 0 Å². The molecule has 0 saturated carbocycles. The Labute approximate surface area is 149 Å². The lowest BCUT2D eigenvalue weighted by molar-refractivity contribution is -0.160. The van der Waals surface area contributed by atoms with Crippen molar-refractivity contribution in [1.29, 1.82) is 0 Å². The summed E-state index contributed by atoms with van der Waals surface area (Å²) in [6.45, 7) is 2.87. The van der Waals surface area contributed by atoms with Crippen molar-refractivity contribution in [2.75, 3.05) is 26.2 Å². The third kappa shape index (κ3) is 3.70. The number of aliphatic hydroxyl groups is 1. The lowest BCUT2D eigenvalue weighted by Crippen LogP contribution is -2.37. The minimum absolute atomic E-state index is 0.00820. The zero-order valence-corrected chi connectivity index (χ0v) is 14.9. The van der Waals surface area contributed by atoms with Crippen LogP contribution < -0.4 is 0 Å². The van der Waals surface area contributed by atoms with E-state index in [9.17, 15) is 9.90 Å². The Morgan fingerprint density at radius 3 is 2.33 bits per heavy atom. The van der Waals surface area contributed by atoms with Crippen LogP contribution in [0.3, 0.4) is 0 Å². The second-order valence-electron chi connectivity index (χ2n) is 5.58. The SMILES string of the molecule is O=C(OCC#CCN1CCCC1)C(O)(c1cccs1)c1cccs1. The number of ether oxygens (including phenoxy) is 1. The van der Waals surface area contributed by atoms with Gasteiger partial charge in [-0.25, -0.2) is 4.79 Å². The smallest absolute Gasteiger partial charge is 0.350 e. The molecule has 24 heavy (non-hydrogen) atoms. The highest BCUT2D eigenvalue weighted by molar-refractivity contribution is 7.12. The van der Waals surface area contributed by atoms with Crippen molar-refractivity contribution in [2.24, 2.45) is 0 Å². The molecule has 0 unspecified atom stereocenters. The van der Waals surface area contributed by atoms with E-state index in [0.717, 1.165) is 13.1 Å². The van der Waals surface area contributed by atoms with Crippen molar-refractivity contribution < 1.29 is 14.6 Å². The molecule has 0 bridgehead atoms. The summed E-state index contributed by atoms with van der Waals surface area (Å²) in [5.41, 5.74) is -1.75. The van der Waals surface area contributed by atoms with Crippen LogP contribution in [0.15, 0.2) is 35.0 Å². The van der Waals surface area contributed by atoms with Crippen LogP contribution in [-0.2, 0) is 15.1 Å². The van der Waals surface area contributed by atoms with Gasteiger partial charge in [0.25, 0.3) is 0 Å². The van der Waals surface area contributed by atoms with Gasteiger partial charge in [0.1, 0.15) is 0 Å². The Balaban J connectivity index is 1.63. The molecule has 0 aromatic carbocycles. The van der Waals surface area contributed by atoms with Gasteiger partial charge in [-0.3, -0.25) is 4.90 Å². The third-order valence-corrected chi connectivity index (χ3v) is 5.91. The first kappa shape index (κ1) is 17.2. The lowest BCUT2D eigenvalue weighted by atomic mass is 10.0. The summed E-state index contributed by atoms with van der Waals surface area (Å²) in [4.78, 5) is 15.9. The average molecular weight is 361 g/mol. The molecule has 1 saturated heterocycles. The molecule has 126 valence electrons. The van der Waals surface area contributed by atoms with Gasteiger partial charge in [0.15, 0.2) is 6.61 Å². The Morgan fingerprint density at radius 1 is 1.17 bits per heavy atom. The van der Waals surface area contributed by atoms with Crippen molar-refractivity contribution in [2.45, 2.75) is 18.4 Å². The summed E-state index contributed by atoms with van der Waals surface area (Å²) >= 11 is 2.66. The molecule has 2 aromatic rings. The van der Waals surface area contributed by atoms with Crippen LogP contribution in [0.4, 0.5) is 0 Å². The predicted octanol–water partition coefficient (Wildman–Crippen LogP) is 2.69. The predicted molar refractivity (Wildman–Crippen MR) is 96.0 cm³/mol. The molecule has 1 N–H and O–H groups in total. The van der Waals surface area contributed by atoms with Gasteiger partial charge in [0.05, 0.1) is 16.3 Å². The highest BCUT2D eigenvalue weighted by atomic mass is 32.1. The fourth-order valence-electron chi connectivity index (χ4n) is 2.66. The highest BCUT2D eigenvalue weighted by Gasteiger charge is 2.43. The first-order valence-corrected chi connectivity index (χ1v) is 9.63. The highest BCUT2D eigenvalue weighted by Crippen LogP contribution is 2.36. The number of nitrogens with zero attached hydrogens (tertiary/aromatic N) is 1. The van der Waals surface area contributed by atoms with E-state index >= 15 is 0 Å². The molecule has 6 heteroatoms. The maximum absolute atomic E-state index is 12.5. The number of hydrogen-bond donors (Lipinski definition) is 1. The van der Waals surface area contributed by atoms with Crippen LogP contribution >= 0.6 is 22.7 Å². The van der Waals surface area contributed by atoms with Crippen molar-refractivity contribution in [3.63, 3.8) is 0 Å². The number of thiophene rings is 2. The molecule has 1 fully saturated rings. The zero-order chi connectivity index (χ0) is 16.8. The molecule has 1 aliphatic heterocycles. The van der Waals surface area contributed by atoms with Crippen molar-refractivity contribution in [3.8, 4) is 11.8 Å². The average Bonchev–Trinajstić information content (AvgIpc) is 3.36. The van der Waals surface area contributed by atoms with E-state index in [0.29, 0.717) is 16.3 Å². The van der Waals surface area contributed by atoms with Crippen molar-refractivity contribution in [3.05, 3.63) is 44.8 Å². The minimum Gasteiger partial charge on any atom is -0.450 e. The molecule has 0 atom stereocenters. The fourth-order valence-corrected chi connectivity index (χ4v) is 4.37. The molecule has 0 radical (unpaired) electrons. The quantitative estimate of drug-likeness (QED) is 0.657. The Kier molecular flexibility index (Phi) is 5.69. The fraction of sp³-hybridized carbons (Fsp3) is 0.389. The van der Waals surface area contributed by atoms with E-state index in [1.807, 2.05) is 22.9 Å². The molecule has 1 aliphatic rings. The van der Waals surface area contributed by atoms with E-state index in [1.165, 1.54) is 35.5 Å². The van der Waals surface area contributed by atoms with E-state index in [2.05, 4.69) is 16.7 Å². The Morgan fingerprint density at radius 2 is 1.79 bits per heavy atom. The number of hydrogen-bond acceptors (Lipinski definition) is 6. The summed E-state index contributed by atoms with van der Waals surface area (Å²) in [6.07, 6.45) is 2.46. The summed E-state index contributed by atoms with van der Waals surface area (Å²) in [5, 5.41) is 14.7. The van der Waals surface area contributed by atoms with Gasteiger partial charge in [-0.1, -0.05) is 24.0 Å². The molecule has 0 amide bonds. The van der Waals surface area contributed by atoms with Crippen LogP contribution in [0.2, 0.25) is 0 Å². The van der Waals surface area contributed by atoms with Crippen LogP contribution in [-0.4, -0.2) is 42.2 Å². The summed E-state index contributed by atoms with van der Waals surface area (Å²) in [5.74, 6) is 5.21. The minimum atomic E-state index is -1.75. The first-order chi connectivity index (χ1) is 11.7. The topological polar surface area (TPSA) is 49.8 Å². The normalized spacial score (nSPS) is 15.0. The van der Waals surface area contributed by atoms with Gasteiger partial charge in [0.2, 0.25) is 5.60 Å². The third-order valence-electron chi connectivity index (χ3n) is 3.95. The van der Waals surface area contributed by atoms with E-state index in [4.69, 9.17) is 4.74 Å². The molecule has 4 nitrogen and oxygen atoms in total. The molecular formula is C18H19NO3S2. The van der Waals surface area contributed by atoms with Gasteiger partial charge < -0.3 is 9.84 Å². The van der Waals surface area contributed by atoms with Gasteiger partial charge >= 0.3 is 5.97 Å². The number of likely N-dealkylation sites (tertiary alicyclic amines) is 1. The van der Waals surface area contributed by atoms with Gasteiger partial charge in [-0.15, -0.1) is 22.7 Å². The van der Waals surface area contributed by atoms with Crippen molar-refractivity contribution >= 4 is 28.6 Å². The zero-order valence-electron chi connectivity index (χ0n) is 13.2. The Bertz CT molecular complexity index is 673. The molecule has 0 aliphatic carbocycles. The maximum atomic E-state index is 12.5. The molecule has 0 spiro atoms. The second-order valence-corrected chi connectivity index (χ2v) is 7.47. The number of esters is 1. The van der Waals surface area contributed by atoms with Crippen molar-refractivity contribution in [1.82, 2.24) is 4.90 Å². The monoisotopic (exact) mass is 361 g/mol. The van der Waals surface area contributed by atoms with Crippen LogP contribution in [0.1, 0.15) is 22.6 Å². The number of carbonyl (C=O) groups excluding carboxylic acids is 1. The molecule has 2 aromatic heterocycles. The standard InChI is InChI=1S/C18H19NO3S2/c20-17(22-12-4-3-11-19-9-1-2-10-19)18(21,15-7-5-13-23-15)16-8-6-14-24-16/h5-8,13-14,21H,1-2,9-12H2. The Hall–Kier alpha value is -1.65. The van der Waals surface area contributed by atoms with E-state index in [-0.39, 0.29) is 6.61 Å². The summed E-state index contributed by atoms with van der Waals surface area (Å²) < 4.78 is 5.25. The maximum Gasteiger partial charge on any atom is 0.350 e. The van der Waals surface area contributed by atoms with Crippen LogP contribution in [0, 0.1) is 11.8 Å². The molecule has 3 rings (SSSR count). The summed E-state index contributed by atoms with van der Waals surface area (Å²) in [6, 6.07) is 7.10.